The van der Waals surface area contributed by atoms with Gasteiger partial charge in [0.15, 0.2) is 6.10 Å². The minimum Gasteiger partial charge on any atom is -0.462 e. The quantitative estimate of drug-likeness (QED) is 0.0261. The first-order valence-electron chi connectivity index (χ1n) is 33.9. The molecule has 0 aliphatic heterocycles. The van der Waals surface area contributed by atoms with Crippen molar-refractivity contribution in [3.05, 3.63) is 109 Å². The zero-order valence-corrected chi connectivity index (χ0v) is 52.6. The second-order valence-corrected chi connectivity index (χ2v) is 22.3. The number of ether oxygens (including phenoxy) is 3. The maximum Gasteiger partial charge on any atom is 0.306 e. The van der Waals surface area contributed by atoms with Gasteiger partial charge in [-0.15, -0.1) is 0 Å². The van der Waals surface area contributed by atoms with E-state index in [1.54, 1.807) is 0 Å². The normalized spacial score (nSPS) is 12.8. The Bertz CT molecular complexity index is 1610. The lowest BCUT2D eigenvalue weighted by atomic mass is 10.0. The third-order valence-electron chi connectivity index (χ3n) is 14.5. The van der Waals surface area contributed by atoms with Crippen LogP contribution in [-0.4, -0.2) is 37.2 Å². The van der Waals surface area contributed by atoms with Crippen molar-refractivity contribution in [3.8, 4) is 0 Å². The van der Waals surface area contributed by atoms with Gasteiger partial charge >= 0.3 is 17.9 Å². The Labute approximate surface area is 495 Å². The number of allylic oxidation sites excluding steroid dienone is 18. The molecule has 0 bridgehead atoms. The number of rotatable bonds is 61. The van der Waals surface area contributed by atoms with Crippen LogP contribution >= 0.6 is 0 Å². The van der Waals surface area contributed by atoms with E-state index in [0.717, 1.165) is 135 Å². The lowest BCUT2D eigenvalue weighted by Crippen LogP contribution is -2.30. The molecule has 0 aromatic carbocycles. The molecule has 0 radical (unpaired) electrons. The van der Waals surface area contributed by atoms with Crippen LogP contribution < -0.4 is 0 Å². The van der Waals surface area contributed by atoms with Crippen LogP contribution in [-0.2, 0) is 28.6 Å². The SMILES string of the molecule is CC/C=C\C/C=C\C/C=C\C/C=C\C/C=C\C/C=C\CCCCCCC(=O)OC(COC(=O)CCCCC/C=C\C/C=C\C/C=C\CC)COC(=O)CCCCCCCCCCCCCCCCCCCCCCCCCCCC. The van der Waals surface area contributed by atoms with E-state index < -0.39 is 6.10 Å². The van der Waals surface area contributed by atoms with Crippen molar-refractivity contribution in [2.45, 2.75) is 329 Å². The van der Waals surface area contributed by atoms with E-state index in [1.807, 2.05) is 0 Å². The zero-order chi connectivity index (χ0) is 57.8. The summed E-state index contributed by atoms with van der Waals surface area (Å²) in [6, 6.07) is 0. The van der Waals surface area contributed by atoms with Crippen molar-refractivity contribution < 1.29 is 28.6 Å². The molecule has 458 valence electrons. The summed E-state index contributed by atoms with van der Waals surface area (Å²) in [5, 5.41) is 0. The van der Waals surface area contributed by atoms with Crippen LogP contribution in [0.5, 0.6) is 0 Å². The van der Waals surface area contributed by atoms with Crippen molar-refractivity contribution >= 4 is 17.9 Å². The highest BCUT2D eigenvalue weighted by atomic mass is 16.6. The van der Waals surface area contributed by atoms with Gasteiger partial charge in [-0.05, 0) is 103 Å². The summed E-state index contributed by atoms with van der Waals surface area (Å²) in [6.45, 7) is 6.40. The number of unbranched alkanes of at least 4 members (excludes halogenated alkanes) is 32. The molecule has 0 saturated carbocycles. The van der Waals surface area contributed by atoms with E-state index in [4.69, 9.17) is 14.2 Å². The molecular formula is C74H126O6. The average molecular weight is 1110 g/mol. The molecule has 0 rings (SSSR count). The summed E-state index contributed by atoms with van der Waals surface area (Å²) in [4.78, 5) is 38.3. The molecule has 6 nitrogen and oxygen atoms in total. The van der Waals surface area contributed by atoms with Crippen molar-refractivity contribution in [1.29, 1.82) is 0 Å². The van der Waals surface area contributed by atoms with Gasteiger partial charge in [-0.1, -0.05) is 310 Å². The van der Waals surface area contributed by atoms with Crippen LogP contribution in [0.4, 0.5) is 0 Å². The van der Waals surface area contributed by atoms with Gasteiger partial charge in [0, 0.05) is 19.3 Å². The van der Waals surface area contributed by atoms with Crippen LogP contribution in [0.15, 0.2) is 109 Å². The Morgan fingerprint density at radius 1 is 0.263 bits per heavy atom. The lowest BCUT2D eigenvalue weighted by molar-refractivity contribution is -0.167. The molecule has 1 unspecified atom stereocenters. The highest BCUT2D eigenvalue weighted by Crippen LogP contribution is 2.17. The van der Waals surface area contributed by atoms with Crippen molar-refractivity contribution in [3.63, 3.8) is 0 Å². The monoisotopic (exact) mass is 1110 g/mol. The molecule has 0 fully saturated rings. The number of hydrogen-bond donors (Lipinski definition) is 0. The molecule has 6 heteroatoms. The Morgan fingerprint density at radius 2 is 0.487 bits per heavy atom. The first-order chi connectivity index (χ1) is 39.5. The minimum absolute atomic E-state index is 0.0970. The van der Waals surface area contributed by atoms with Gasteiger partial charge in [0.05, 0.1) is 0 Å². The third kappa shape index (κ3) is 64.9. The van der Waals surface area contributed by atoms with Gasteiger partial charge in [-0.2, -0.15) is 0 Å². The van der Waals surface area contributed by atoms with Crippen molar-refractivity contribution in [2.24, 2.45) is 0 Å². The lowest BCUT2D eigenvalue weighted by Gasteiger charge is -2.18. The minimum atomic E-state index is -0.806. The smallest absolute Gasteiger partial charge is 0.306 e. The molecule has 0 spiro atoms. The fourth-order valence-electron chi connectivity index (χ4n) is 9.52. The summed E-state index contributed by atoms with van der Waals surface area (Å²) in [7, 11) is 0. The summed E-state index contributed by atoms with van der Waals surface area (Å²) >= 11 is 0. The largest absolute Gasteiger partial charge is 0.462 e. The Kier molecular flexibility index (Phi) is 64.3. The van der Waals surface area contributed by atoms with Crippen LogP contribution in [0.2, 0.25) is 0 Å². The predicted molar refractivity (Wildman–Crippen MR) is 348 cm³/mol. The van der Waals surface area contributed by atoms with Gasteiger partial charge in [-0.3, -0.25) is 14.4 Å². The summed E-state index contributed by atoms with van der Waals surface area (Å²) in [6.07, 6.45) is 92.6. The highest BCUT2D eigenvalue weighted by Gasteiger charge is 2.19. The topological polar surface area (TPSA) is 78.9 Å². The maximum atomic E-state index is 12.9. The fourth-order valence-corrected chi connectivity index (χ4v) is 9.52. The summed E-state index contributed by atoms with van der Waals surface area (Å²) in [5.74, 6) is -0.943. The number of carbonyl (C=O) groups excluding carboxylic acids is 3. The summed E-state index contributed by atoms with van der Waals surface area (Å²) < 4.78 is 16.9. The molecule has 0 saturated heterocycles. The van der Waals surface area contributed by atoms with Crippen molar-refractivity contribution in [2.75, 3.05) is 13.2 Å². The molecule has 0 aliphatic rings. The molecule has 80 heavy (non-hydrogen) atoms. The van der Waals surface area contributed by atoms with Crippen LogP contribution in [0.25, 0.3) is 0 Å². The van der Waals surface area contributed by atoms with E-state index in [0.29, 0.717) is 19.3 Å². The van der Waals surface area contributed by atoms with E-state index in [-0.39, 0.29) is 31.1 Å². The van der Waals surface area contributed by atoms with Crippen LogP contribution in [0, 0.1) is 0 Å². The first kappa shape index (κ1) is 76.1. The van der Waals surface area contributed by atoms with E-state index in [1.165, 1.54) is 148 Å². The third-order valence-corrected chi connectivity index (χ3v) is 14.5. The molecular weight excluding hydrogens is 985 g/mol. The Morgan fingerprint density at radius 3 is 0.775 bits per heavy atom. The van der Waals surface area contributed by atoms with Crippen molar-refractivity contribution in [1.82, 2.24) is 0 Å². The first-order valence-corrected chi connectivity index (χ1v) is 33.9. The maximum absolute atomic E-state index is 12.9. The van der Waals surface area contributed by atoms with Gasteiger partial charge in [0.25, 0.3) is 0 Å². The molecule has 0 aliphatic carbocycles. The highest BCUT2D eigenvalue weighted by molar-refractivity contribution is 5.71. The molecule has 0 heterocycles. The molecule has 0 aromatic heterocycles. The molecule has 0 aromatic rings. The van der Waals surface area contributed by atoms with E-state index in [2.05, 4.69) is 130 Å². The van der Waals surface area contributed by atoms with Gasteiger partial charge in [-0.25, -0.2) is 0 Å². The summed E-state index contributed by atoms with van der Waals surface area (Å²) in [5.41, 5.74) is 0. The second-order valence-electron chi connectivity index (χ2n) is 22.3. The number of carbonyl (C=O) groups is 3. The molecule has 0 amide bonds. The van der Waals surface area contributed by atoms with Crippen LogP contribution in [0.3, 0.4) is 0 Å². The molecule has 1 atom stereocenters. The van der Waals surface area contributed by atoms with Gasteiger partial charge in [0.2, 0.25) is 0 Å². The number of esters is 3. The van der Waals surface area contributed by atoms with Crippen LogP contribution in [0.1, 0.15) is 323 Å². The van der Waals surface area contributed by atoms with Gasteiger partial charge < -0.3 is 14.2 Å². The predicted octanol–water partition coefficient (Wildman–Crippen LogP) is 23.4. The fraction of sp³-hybridized carbons (Fsp3) is 0.716. The zero-order valence-electron chi connectivity index (χ0n) is 52.6. The van der Waals surface area contributed by atoms with E-state index >= 15 is 0 Å². The Hall–Kier alpha value is -3.93. The molecule has 0 N–H and O–H groups in total. The number of hydrogen-bond acceptors (Lipinski definition) is 6. The second kappa shape index (κ2) is 67.6. The average Bonchev–Trinajstić information content (AvgIpc) is 3.46. The standard InChI is InChI=1S/C74H126O6/c1-4-7-10-13-16-19-22-25-27-29-31-33-35-36-37-39-40-42-44-46-49-52-55-58-61-64-67-73(76)79-70-71(69-78-72(75)66-63-60-57-54-51-48-24-21-18-15-12-9-6-3)80-74(77)68-65-62-59-56-53-50-47-45-43-41-38-34-32-30-28-26-23-20-17-14-11-8-5-2/h8-9,11-12,17-18,20-21,26,28,32,34,41,43,47-48,50-51,71H,4-7,10,13-16,19,22-25,27,29-31,33,35-40,42,44-46,49,52-70H2,1-3H3/b11-8-,12-9-,20-17-,21-18-,28-26-,34-32-,43-41-,50-47-,51-48-. The Balaban J connectivity index is 4.34. The van der Waals surface area contributed by atoms with Gasteiger partial charge in [0.1, 0.15) is 13.2 Å². The van der Waals surface area contributed by atoms with E-state index in [9.17, 15) is 14.4 Å².